The number of aromatic nitrogens is 7. The summed E-state index contributed by atoms with van der Waals surface area (Å²) >= 11 is 0. The fourth-order valence-electron chi connectivity index (χ4n) is 4.09. The van der Waals surface area contributed by atoms with Crippen molar-refractivity contribution in [3.05, 3.63) is 65.8 Å². The van der Waals surface area contributed by atoms with E-state index >= 15 is 0 Å². The molecule has 1 aliphatic rings. The summed E-state index contributed by atoms with van der Waals surface area (Å²) in [5, 5.41) is 7.35. The Morgan fingerprint density at radius 2 is 1.97 bits per heavy atom. The summed E-state index contributed by atoms with van der Waals surface area (Å²) in [4.78, 5) is 33.1. The van der Waals surface area contributed by atoms with Crippen molar-refractivity contribution in [3.63, 3.8) is 0 Å². The molecular weight excluding hydrogens is 418 g/mol. The van der Waals surface area contributed by atoms with Crippen molar-refractivity contribution < 1.29 is 4.79 Å². The summed E-state index contributed by atoms with van der Waals surface area (Å²) in [5.41, 5.74) is 4.90. The molecule has 1 aliphatic heterocycles. The standard InChI is InChI=1S/C23H25N9O/c1-14-10-26-23(28-20-5-6-27-30(20)4)29-21(14)17-9-19-22(33)32(15(2)11-31(19)12-17)13-18-16(3)24-7-8-25-18/h5-10,12,15H,11,13H2,1-4H3,(H,26,28,29)/t15-/m0/s1. The molecule has 5 rings (SSSR count). The van der Waals surface area contributed by atoms with Crippen LogP contribution >= 0.6 is 0 Å². The Balaban J connectivity index is 1.45. The Morgan fingerprint density at radius 1 is 1.15 bits per heavy atom. The molecule has 4 aromatic heterocycles. The molecule has 0 aromatic carbocycles. The van der Waals surface area contributed by atoms with Crippen LogP contribution in [0.15, 0.2) is 43.1 Å². The lowest BCUT2D eigenvalue weighted by molar-refractivity contribution is 0.0592. The highest BCUT2D eigenvalue weighted by molar-refractivity contribution is 5.95. The second kappa shape index (κ2) is 8.12. The minimum Gasteiger partial charge on any atom is -0.341 e. The summed E-state index contributed by atoms with van der Waals surface area (Å²) in [6.07, 6.45) is 8.82. The van der Waals surface area contributed by atoms with Gasteiger partial charge in [-0.3, -0.25) is 19.4 Å². The van der Waals surface area contributed by atoms with E-state index in [0.717, 1.165) is 34.0 Å². The SMILES string of the molecule is Cc1cnc(Nc2ccnn2C)nc1-c1cc2n(c1)C[C@H](C)N(Cc1nccnc1C)C2=O. The zero-order valence-electron chi connectivity index (χ0n) is 19.0. The maximum Gasteiger partial charge on any atom is 0.271 e. The van der Waals surface area contributed by atoms with Crippen molar-refractivity contribution in [2.45, 2.75) is 39.9 Å². The number of nitrogens with one attached hydrogen (secondary N) is 1. The molecule has 0 saturated carbocycles. The zero-order valence-corrected chi connectivity index (χ0v) is 19.0. The van der Waals surface area contributed by atoms with E-state index in [2.05, 4.69) is 32.3 Å². The van der Waals surface area contributed by atoms with Gasteiger partial charge in [0.2, 0.25) is 5.95 Å². The van der Waals surface area contributed by atoms with Gasteiger partial charge < -0.3 is 14.8 Å². The van der Waals surface area contributed by atoms with Gasteiger partial charge in [0.25, 0.3) is 5.91 Å². The van der Waals surface area contributed by atoms with Gasteiger partial charge in [-0.25, -0.2) is 9.97 Å². The summed E-state index contributed by atoms with van der Waals surface area (Å²) in [6.45, 7) is 7.07. The number of carbonyl (C=O) groups excluding carboxylic acids is 1. The molecule has 4 aromatic rings. The first-order chi connectivity index (χ1) is 15.9. The van der Waals surface area contributed by atoms with Crippen LogP contribution in [0.2, 0.25) is 0 Å². The van der Waals surface area contributed by atoms with E-state index in [-0.39, 0.29) is 11.9 Å². The van der Waals surface area contributed by atoms with Gasteiger partial charge in [0.05, 0.1) is 29.8 Å². The number of anilines is 2. The van der Waals surface area contributed by atoms with Gasteiger partial charge in [0.15, 0.2) is 0 Å². The molecule has 33 heavy (non-hydrogen) atoms. The van der Waals surface area contributed by atoms with Crippen LogP contribution in [-0.4, -0.2) is 51.1 Å². The van der Waals surface area contributed by atoms with E-state index in [1.807, 2.05) is 48.7 Å². The summed E-state index contributed by atoms with van der Waals surface area (Å²) in [7, 11) is 1.85. The zero-order chi connectivity index (χ0) is 23.1. The third-order valence-electron chi connectivity index (χ3n) is 5.98. The van der Waals surface area contributed by atoms with Crippen LogP contribution < -0.4 is 5.32 Å². The molecular formula is C23H25N9O. The Labute approximate surface area is 191 Å². The average molecular weight is 444 g/mol. The predicted molar refractivity (Wildman–Crippen MR) is 123 cm³/mol. The van der Waals surface area contributed by atoms with Gasteiger partial charge in [-0.05, 0) is 32.4 Å². The van der Waals surface area contributed by atoms with Crippen LogP contribution in [0.1, 0.15) is 34.4 Å². The third kappa shape index (κ3) is 3.84. The van der Waals surface area contributed by atoms with Gasteiger partial charge in [-0.2, -0.15) is 5.10 Å². The molecule has 0 bridgehead atoms. The van der Waals surface area contributed by atoms with E-state index in [1.165, 1.54) is 0 Å². The number of aryl methyl sites for hydroxylation is 3. The van der Waals surface area contributed by atoms with Gasteiger partial charge in [-0.15, -0.1) is 0 Å². The van der Waals surface area contributed by atoms with Crippen molar-refractivity contribution in [2.75, 3.05) is 5.32 Å². The maximum absolute atomic E-state index is 13.4. The van der Waals surface area contributed by atoms with Gasteiger partial charge in [-0.1, -0.05) is 0 Å². The highest BCUT2D eigenvalue weighted by Crippen LogP contribution is 2.29. The lowest BCUT2D eigenvalue weighted by Crippen LogP contribution is -2.45. The van der Waals surface area contributed by atoms with Gasteiger partial charge in [0, 0.05) is 56.1 Å². The van der Waals surface area contributed by atoms with E-state index in [4.69, 9.17) is 4.98 Å². The molecule has 1 N–H and O–H groups in total. The number of hydrogen-bond acceptors (Lipinski definition) is 7. The predicted octanol–water partition coefficient (Wildman–Crippen LogP) is 2.87. The van der Waals surface area contributed by atoms with Gasteiger partial charge in [0.1, 0.15) is 11.5 Å². The maximum atomic E-state index is 13.4. The van der Waals surface area contributed by atoms with Crippen LogP contribution in [-0.2, 0) is 20.1 Å². The lowest BCUT2D eigenvalue weighted by atomic mass is 10.1. The summed E-state index contributed by atoms with van der Waals surface area (Å²) in [5.74, 6) is 1.24. The highest BCUT2D eigenvalue weighted by Gasteiger charge is 2.31. The molecule has 0 saturated heterocycles. The summed E-state index contributed by atoms with van der Waals surface area (Å²) in [6, 6.07) is 3.79. The smallest absolute Gasteiger partial charge is 0.271 e. The fourth-order valence-corrected chi connectivity index (χ4v) is 4.09. The van der Waals surface area contributed by atoms with Crippen LogP contribution in [0.25, 0.3) is 11.3 Å². The molecule has 10 heteroatoms. The molecule has 10 nitrogen and oxygen atoms in total. The molecule has 1 atom stereocenters. The largest absolute Gasteiger partial charge is 0.341 e. The molecule has 168 valence electrons. The highest BCUT2D eigenvalue weighted by atomic mass is 16.2. The first kappa shape index (κ1) is 20.8. The Bertz CT molecular complexity index is 1340. The quantitative estimate of drug-likeness (QED) is 0.505. The monoisotopic (exact) mass is 443 g/mol. The van der Waals surface area contributed by atoms with Gasteiger partial charge >= 0.3 is 0 Å². The third-order valence-corrected chi connectivity index (χ3v) is 5.98. The first-order valence-electron chi connectivity index (χ1n) is 10.8. The molecule has 0 unspecified atom stereocenters. The second-order valence-corrected chi connectivity index (χ2v) is 8.33. The average Bonchev–Trinajstić information content (AvgIpc) is 3.40. The Kier molecular flexibility index (Phi) is 5.12. The summed E-state index contributed by atoms with van der Waals surface area (Å²) < 4.78 is 3.73. The molecule has 5 heterocycles. The van der Waals surface area contributed by atoms with Crippen molar-refractivity contribution in [1.29, 1.82) is 0 Å². The second-order valence-electron chi connectivity index (χ2n) is 8.33. The molecule has 0 spiro atoms. The normalized spacial score (nSPS) is 15.6. The number of fused-ring (bicyclic) bond motifs is 1. The van der Waals surface area contributed by atoms with Crippen molar-refractivity contribution in [1.82, 2.24) is 39.2 Å². The molecule has 0 fully saturated rings. The van der Waals surface area contributed by atoms with Crippen LogP contribution in [0.3, 0.4) is 0 Å². The Hall–Kier alpha value is -4.08. The minimum atomic E-state index is -0.0232. The molecule has 0 aliphatic carbocycles. The minimum absolute atomic E-state index is 0.0232. The first-order valence-corrected chi connectivity index (χ1v) is 10.8. The van der Waals surface area contributed by atoms with E-state index in [0.29, 0.717) is 24.7 Å². The van der Waals surface area contributed by atoms with Crippen molar-refractivity contribution in [2.24, 2.45) is 7.05 Å². The molecule has 1 amide bonds. The lowest BCUT2D eigenvalue weighted by Gasteiger charge is -2.34. The number of nitrogens with zero attached hydrogens (tertiary/aromatic N) is 8. The topological polar surface area (TPSA) is 107 Å². The van der Waals surface area contributed by atoms with E-state index in [9.17, 15) is 4.79 Å². The van der Waals surface area contributed by atoms with E-state index < -0.39 is 0 Å². The van der Waals surface area contributed by atoms with Crippen molar-refractivity contribution in [3.8, 4) is 11.3 Å². The van der Waals surface area contributed by atoms with Crippen LogP contribution in [0, 0.1) is 13.8 Å². The molecule has 0 radical (unpaired) electrons. The van der Waals surface area contributed by atoms with Crippen LogP contribution in [0.5, 0.6) is 0 Å². The number of rotatable bonds is 5. The van der Waals surface area contributed by atoms with E-state index in [1.54, 1.807) is 29.5 Å². The number of carbonyl (C=O) groups is 1. The fraction of sp³-hybridized carbons (Fsp3) is 0.304. The van der Waals surface area contributed by atoms with Crippen LogP contribution in [0.4, 0.5) is 11.8 Å². The van der Waals surface area contributed by atoms with Crippen molar-refractivity contribution >= 4 is 17.7 Å². The number of hydrogen-bond donors (Lipinski definition) is 1. The number of amides is 1. The Morgan fingerprint density at radius 3 is 2.73 bits per heavy atom.